The van der Waals surface area contributed by atoms with Crippen LogP contribution >= 0.6 is 11.8 Å². The summed E-state index contributed by atoms with van der Waals surface area (Å²) in [6.45, 7) is 9.41. The van der Waals surface area contributed by atoms with E-state index in [-0.39, 0.29) is 21.7 Å². The highest BCUT2D eigenvalue weighted by Gasteiger charge is 2.32. The average molecular weight is 229 g/mol. The van der Waals surface area contributed by atoms with Crippen LogP contribution in [0.2, 0.25) is 0 Å². The van der Waals surface area contributed by atoms with Gasteiger partial charge in [-0.05, 0) is 5.41 Å². The normalized spacial score (nSPS) is 22.3. The van der Waals surface area contributed by atoms with E-state index in [4.69, 9.17) is 0 Å². The Labute approximate surface area is 95.6 Å². The van der Waals surface area contributed by atoms with E-state index in [2.05, 4.69) is 20.8 Å². The third-order valence-electron chi connectivity index (χ3n) is 2.18. The van der Waals surface area contributed by atoms with Gasteiger partial charge >= 0.3 is 0 Å². The van der Waals surface area contributed by atoms with Crippen LogP contribution in [0.3, 0.4) is 0 Å². The number of thioether (sulfide) groups is 1. The van der Waals surface area contributed by atoms with Crippen LogP contribution in [0.4, 0.5) is 0 Å². The van der Waals surface area contributed by atoms with Crippen molar-refractivity contribution in [2.75, 3.05) is 13.1 Å². The monoisotopic (exact) mass is 229 g/mol. The van der Waals surface area contributed by atoms with Gasteiger partial charge < -0.3 is 4.90 Å². The smallest absolute Gasteiger partial charge is 0.223 e. The molecule has 1 rings (SSSR count). The molecule has 1 aliphatic heterocycles. The molecule has 0 saturated carbocycles. The van der Waals surface area contributed by atoms with Crippen LogP contribution in [0.5, 0.6) is 0 Å². The molecule has 1 saturated heterocycles. The van der Waals surface area contributed by atoms with Gasteiger partial charge in [0.1, 0.15) is 0 Å². The maximum Gasteiger partial charge on any atom is 0.223 e. The molecule has 1 heterocycles. The molecule has 0 radical (unpaired) electrons. The lowest BCUT2D eigenvalue weighted by atomic mass is 9.96. The second kappa shape index (κ2) is 4.56. The molecule has 1 unspecified atom stereocenters. The van der Waals surface area contributed by atoms with Crippen molar-refractivity contribution in [2.24, 2.45) is 5.41 Å². The summed E-state index contributed by atoms with van der Waals surface area (Å²) < 4.78 is 0. The first kappa shape index (κ1) is 12.6. The van der Waals surface area contributed by atoms with Gasteiger partial charge in [0, 0.05) is 31.7 Å². The Hall–Kier alpha value is -0.510. The molecule has 0 bridgehead atoms. The van der Waals surface area contributed by atoms with Crippen molar-refractivity contribution in [1.29, 1.82) is 0 Å². The third-order valence-corrected chi connectivity index (χ3v) is 3.16. The second-order valence-electron chi connectivity index (χ2n) is 5.27. The molecule has 3 nitrogen and oxygen atoms in total. The highest BCUT2D eigenvalue weighted by atomic mass is 32.2. The molecule has 1 amide bonds. The fraction of sp³-hybridized carbons (Fsp3) is 0.818. The number of rotatable bonds is 2. The lowest BCUT2D eigenvalue weighted by Crippen LogP contribution is -2.34. The number of hydrogen-bond acceptors (Lipinski definition) is 3. The van der Waals surface area contributed by atoms with Crippen molar-refractivity contribution >= 4 is 22.8 Å². The number of carbonyl (C=O) groups is 2. The molecular weight excluding hydrogens is 210 g/mol. The van der Waals surface area contributed by atoms with Gasteiger partial charge in [0.2, 0.25) is 5.91 Å². The Morgan fingerprint density at radius 3 is 2.60 bits per heavy atom. The summed E-state index contributed by atoms with van der Waals surface area (Å²) in [6.07, 6.45) is 0.514. The van der Waals surface area contributed by atoms with Crippen LogP contribution < -0.4 is 0 Å². The van der Waals surface area contributed by atoms with E-state index in [0.717, 1.165) is 13.1 Å². The summed E-state index contributed by atoms with van der Waals surface area (Å²) >= 11 is 1.29. The van der Waals surface area contributed by atoms with E-state index in [1.54, 1.807) is 6.92 Å². The van der Waals surface area contributed by atoms with Gasteiger partial charge in [0.05, 0.1) is 0 Å². The Morgan fingerprint density at radius 2 is 2.13 bits per heavy atom. The minimum absolute atomic E-state index is 0.102. The molecule has 0 aromatic heterocycles. The topological polar surface area (TPSA) is 37.4 Å². The summed E-state index contributed by atoms with van der Waals surface area (Å²) in [6, 6.07) is 0. The van der Waals surface area contributed by atoms with Crippen LogP contribution in [0.1, 0.15) is 34.1 Å². The Bertz CT molecular complexity index is 270. The van der Waals surface area contributed by atoms with Crippen LogP contribution in [0.25, 0.3) is 0 Å². The maximum absolute atomic E-state index is 11.6. The molecule has 0 N–H and O–H groups in total. The first-order chi connectivity index (χ1) is 6.78. The molecule has 86 valence electrons. The molecule has 4 heteroatoms. The lowest BCUT2D eigenvalue weighted by Gasteiger charge is -2.26. The van der Waals surface area contributed by atoms with Crippen LogP contribution in [0, 0.1) is 5.41 Å². The number of likely N-dealkylation sites (tertiary alicyclic amines) is 1. The van der Waals surface area contributed by atoms with Crippen molar-refractivity contribution in [2.45, 2.75) is 39.4 Å². The van der Waals surface area contributed by atoms with E-state index in [1.165, 1.54) is 11.8 Å². The summed E-state index contributed by atoms with van der Waals surface area (Å²) in [7, 11) is 0. The van der Waals surface area contributed by atoms with Crippen LogP contribution in [-0.4, -0.2) is 34.3 Å². The highest BCUT2D eigenvalue weighted by Crippen LogP contribution is 2.27. The minimum atomic E-state index is 0.102. The zero-order valence-corrected chi connectivity index (χ0v) is 10.7. The molecule has 15 heavy (non-hydrogen) atoms. The number of carbonyl (C=O) groups excluding carboxylic acids is 2. The fourth-order valence-corrected chi connectivity index (χ4v) is 2.72. The van der Waals surface area contributed by atoms with Crippen molar-refractivity contribution < 1.29 is 9.59 Å². The van der Waals surface area contributed by atoms with Gasteiger partial charge in [0.15, 0.2) is 5.12 Å². The van der Waals surface area contributed by atoms with Gasteiger partial charge in [-0.3, -0.25) is 9.59 Å². The molecule has 0 aliphatic carbocycles. The van der Waals surface area contributed by atoms with E-state index in [9.17, 15) is 9.59 Å². The van der Waals surface area contributed by atoms with Crippen molar-refractivity contribution in [3.8, 4) is 0 Å². The van der Waals surface area contributed by atoms with E-state index >= 15 is 0 Å². The number of hydrogen-bond donors (Lipinski definition) is 0. The Balaban J connectivity index is 2.50. The summed E-state index contributed by atoms with van der Waals surface area (Å²) in [5.41, 5.74) is 0.130. The Morgan fingerprint density at radius 1 is 1.53 bits per heavy atom. The molecular formula is C11H19NO2S. The second-order valence-corrected chi connectivity index (χ2v) is 6.75. The standard InChI is InChI=1S/C11H19NO2S/c1-8(13)15-9-5-10(14)12(6-9)7-11(2,3)4/h9H,5-7H2,1-4H3. The third kappa shape index (κ3) is 4.24. The quantitative estimate of drug-likeness (QED) is 0.726. The van der Waals surface area contributed by atoms with Gasteiger partial charge in [-0.2, -0.15) is 0 Å². The first-order valence-corrected chi connectivity index (χ1v) is 6.11. The largest absolute Gasteiger partial charge is 0.341 e. The molecule has 1 atom stereocenters. The van der Waals surface area contributed by atoms with Crippen LogP contribution in [-0.2, 0) is 9.59 Å². The SMILES string of the molecule is CC(=O)SC1CC(=O)N(CC(C)(C)C)C1. The van der Waals surface area contributed by atoms with Gasteiger partial charge in [0.25, 0.3) is 0 Å². The summed E-state index contributed by atoms with van der Waals surface area (Å²) in [5, 5.41) is 0.266. The molecule has 0 spiro atoms. The zero-order chi connectivity index (χ0) is 11.6. The van der Waals surface area contributed by atoms with E-state index in [1.807, 2.05) is 4.90 Å². The van der Waals surface area contributed by atoms with Crippen molar-refractivity contribution in [3.05, 3.63) is 0 Å². The predicted octanol–water partition coefficient (Wildman–Crippen LogP) is 1.91. The summed E-state index contributed by atoms with van der Waals surface area (Å²) in [4.78, 5) is 24.5. The minimum Gasteiger partial charge on any atom is -0.341 e. The van der Waals surface area contributed by atoms with E-state index < -0.39 is 0 Å². The van der Waals surface area contributed by atoms with E-state index in [0.29, 0.717) is 6.42 Å². The molecule has 1 fully saturated rings. The van der Waals surface area contributed by atoms with Crippen molar-refractivity contribution in [1.82, 2.24) is 4.90 Å². The fourth-order valence-electron chi connectivity index (χ4n) is 1.77. The first-order valence-electron chi connectivity index (χ1n) is 5.23. The van der Waals surface area contributed by atoms with Gasteiger partial charge in [-0.1, -0.05) is 32.5 Å². The predicted molar refractivity (Wildman–Crippen MR) is 62.7 cm³/mol. The zero-order valence-electron chi connectivity index (χ0n) is 9.87. The number of amides is 1. The van der Waals surface area contributed by atoms with Gasteiger partial charge in [-0.25, -0.2) is 0 Å². The number of nitrogens with zero attached hydrogens (tertiary/aromatic N) is 1. The average Bonchev–Trinajstić information content (AvgIpc) is 2.26. The van der Waals surface area contributed by atoms with Crippen molar-refractivity contribution in [3.63, 3.8) is 0 Å². The Kier molecular flexibility index (Phi) is 3.82. The highest BCUT2D eigenvalue weighted by molar-refractivity contribution is 8.14. The lowest BCUT2D eigenvalue weighted by molar-refractivity contribution is -0.128. The maximum atomic E-state index is 11.6. The molecule has 1 aliphatic rings. The summed E-state index contributed by atoms with van der Waals surface area (Å²) in [5.74, 6) is 0.184. The van der Waals surface area contributed by atoms with Gasteiger partial charge in [-0.15, -0.1) is 0 Å². The molecule has 0 aromatic carbocycles. The molecule has 0 aromatic rings. The van der Waals surface area contributed by atoms with Crippen LogP contribution in [0.15, 0.2) is 0 Å².